The smallest absolute Gasteiger partial charge is 0.0480 e. The van der Waals surface area contributed by atoms with Crippen molar-refractivity contribution >= 4 is 0 Å². The molecule has 0 aromatic rings. The van der Waals surface area contributed by atoms with E-state index in [2.05, 4.69) is 32.7 Å². The zero-order chi connectivity index (χ0) is 12.9. The van der Waals surface area contributed by atoms with Crippen LogP contribution in [0.3, 0.4) is 0 Å². The van der Waals surface area contributed by atoms with Gasteiger partial charge in [-0.2, -0.15) is 0 Å². The summed E-state index contributed by atoms with van der Waals surface area (Å²) >= 11 is 0. The number of likely N-dealkylation sites (N-methyl/N-ethyl adjacent to an activating group) is 1. The van der Waals surface area contributed by atoms with E-state index in [4.69, 9.17) is 10.5 Å². The molecule has 102 valence electrons. The van der Waals surface area contributed by atoms with Crippen molar-refractivity contribution in [1.82, 2.24) is 4.90 Å². The van der Waals surface area contributed by atoms with Crippen LogP contribution in [-0.4, -0.2) is 43.3 Å². The van der Waals surface area contributed by atoms with Gasteiger partial charge in [-0.15, -0.1) is 0 Å². The van der Waals surface area contributed by atoms with Gasteiger partial charge in [0.1, 0.15) is 0 Å². The van der Waals surface area contributed by atoms with Gasteiger partial charge in [0.2, 0.25) is 0 Å². The van der Waals surface area contributed by atoms with Gasteiger partial charge in [0.25, 0.3) is 0 Å². The lowest BCUT2D eigenvalue weighted by Crippen LogP contribution is -2.55. The lowest BCUT2D eigenvalue weighted by Gasteiger charge is -2.44. The quantitative estimate of drug-likeness (QED) is 0.776. The second-order valence-electron chi connectivity index (χ2n) is 6.09. The summed E-state index contributed by atoms with van der Waals surface area (Å²) in [6.45, 7) is 9.43. The molecule has 0 aromatic carbocycles. The molecule has 0 aliphatic carbocycles. The van der Waals surface area contributed by atoms with Crippen molar-refractivity contribution in [3.8, 4) is 0 Å². The Balaban J connectivity index is 2.56. The van der Waals surface area contributed by atoms with E-state index in [9.17, 15) is 0 Å². The van der Waals surface area contributed by atoms with Crippen LogP contribution in [0.25, 0.3) is 0 Å². The molecule has 1 heterocycles. The molecule has 3 nitrogen and oxygen atoms in total. The Morgan fingerprint density at radius 1 is 1.35 bits per heavy atom. The molecule has 1 fully saturated rings. The van der Waals surface area contributed by atoms with Crippen LogP contribution >= 0.6 is 0 Å². The molecule has 1 rings (SSSR count). The molecule has 1 aliphatic heterocycles. The fourth-order valence-corrected chi connectivity index (χ4v) is 2.54. The van der Waals surface area contributed by atoms with Gasteiger partial charge in [-0.25, -0.2) is 0 Å². The molecule has 17 heavy (non-hydrogen) atoms. The standard InChI is InChI=1S/C14H30N2O/c1-12(2)5-8-14(3,11-15)16(4)13-6-9-17-10-7-13/h12-13H,5-11,15H2,1-4H3. The maximum atomic E-state index is 6.03. The fraction of sp³-hybridized carbons (Fsp3) is 1.00. The summed E-state index contributed by atoms with van der Waals surface area (Å²) in [6.07, 6.45) is 4.73. The van der Waals surface area contributed by atoms with Gasteiger partial charge in [0.15, 0.2) is 0 Å². The fourth-order valence-electron chi connectivity index (χ4n) is 2.54. The van der Waals surface area contributed by atoms with Crippen molar-refractivity contribution in [3.05, 3.63) is 0 Å². The molecule has 0 aromatic heterocycles. The van der Waals surface area contributed by atoms with E-state index in [0.717, 1.165) is 38.5 Å². The van der Waals surface area contributed by atoms with Gasteiger partial charge in [0.05, 0.1) is 0 Å². The van der Waals surface area contributed by atoms with Gasteiger partial charge < -0.3 is 10.5 Å². The van der Waals surface area contributed by atoms with E-state index in [-0.39, 0.29) is 5.54 Å². The van der Waals surface area contributed by atoms with Crippen molar-refractivity contribution in [1.29, 1.82) is 0 Å². The minimum Gasteiger partial charge on any atom is -0.381 e. The summed E-state index contributed by atoms with van der Waals surface area (Å²) in [5.74, 6) is 0.754. The number of hydrogen-bond acceptors (Lipinski definition) is 3. The second kappa shape index (κ2) is 6.72. The van der Waals surface area contributed by atoms with Crippen molar-refractivity contribution in [2.24, 2.45) is 11.7 Å². The Morgan fingerprint density at radius 2 is 1.94 bits per heavy atom. The zero-order valence-corrected chi connectivity index (χ0v) is 12.0. The predicted molar refractivity (Wildman–Crippen MR) is 73.1 cm³/mol. The van der Waals surface area contributed by atoms with Gasteiger partial charge in [-0.3, -0.25) is 4.90 Å². The van der Waals surface area contributed by atoms with E-state index in [0.29, 0.717) is 6.04 Å². The maximum Gasteiger partial charge on any atom is 0.0480 e. The maximum absolute atomic E-state index is 6.03. The second-order valence-corrected chi connectivity index (χ2v) is 6.09. The molecule has 3 heteroatoms. The Morgan fingerprint density at radius 3 is 2.41 bits per heavy atom. The summed E-state index contributed by atoms with van der Waals surface area (Å²) in [4.78, 5) is 2.51. The molecular formula is C14H30N2O. The Bertz CT molecular complexity index is 214. The van der Waals surface area contributed by atoms with Crippen LogP contribution in [0.15, 0.2) is 0 Å². The first-order valence-electron chi connectivity index (χ1n) is 7.00. The third kappa shape index (κ3) is 4.23. The molecule has 0 spiro atoms. The summed E-state index contributed by atoms with van der Waals surface area (Å²) < 4.78 is 5.44. The summed E-state index contributed by atoms with van der Waals surface area (Å²) in [6, 6.07) is 0.643. The first kappa shape index (κ1) is 14.9. The number of nitrogens with zero attached hydrogens (tertiary/aromatic N) is 1. The molecule has 0 saturated carbocycles. The minimum atomic E-state index is 0.145. The molecule has 0 amide bonds. The van der Waals surface area contributed by atoms with E-state index in [1.807, 2.05) is 0 Å². The van der Waals surface area contributed by atoms with Crippen molar-refractivity contribution in [2.45, 2.75) is 58.0 Å². The Labute approximate surface area is 107 Å². The molecule has 0 radical (unpaired) electrons. The SMILES string of the molecule is CC(C)CCC(C)(CN)N(C)C1CCOCC1. The Hall–Kier alpha value is -0.120. The average molecular weight is 242 g/mol. The molecule has 0 bridgehead atoms. The lowest BCUT2D eigenvalue weighted by atomic mass is 9.88. The van der Waals surface area contributed by atoms with Gasteiger partial charge in [0, 0.05) is 31.3 Å². The molecule has 1 unspecified atom stereocenters. The number of nitrogens with two attached hydrogens (primary N) is 1. The molecule has 2 N–H and O–H groups in total. The molecular weight excluding hydrogens is 212 g/mol. The van der Waals surface area contributed by atoms with Crippen LogP contribution in [0.5, 0.6) is 0 Å². The van der Waals surface area contributed by atoms with Crippen LogP contribution in [0.4, 0.5) is 0 Å². The zero-order valence-electron chi connectivity index (χ0n) is 12.0. The third-order valence-electron chi connectivity index (χ3n) is 4.29. The topological polar surface area (TPSA) is 38.5 Å². The normalized spacial score (nSPS) is 22.1. The Kier molecular flexibility index (Phi) is 5.90. The monoisotopic (exact) mass is 242 g/mol. The largest absolute Gasteiger partial charge is 0.381 e. The first-order chi connectivity index (χ1) is 7.99. The van der Waals surface area contributed by atoms with Crippen molar-refractivity contribution in [2.75, 3.05) is 26.8 Å². The van der Waals surface area contributed by atoms with E-state index in [1.165, 1.54) is 12.8 Å². The number of hydrogen-bond donors (Lipinski definition) is 1. The van der Waals surface area contributed by atoms with Crippen LogP contribution in [-0.2, 0) is 4.74 Å². The van der Waals surface area contributed by atoms with E-state index in [1.54, 1.807) is 0 Å². The highest BCUT2D eigenvalue weighted by Crippen LogP contribution is 2.26. The van der Waals surface area contributed by atoms with Gasteiger partial charge >= 0.3 is 0 Å². The highest BCUT2D eigenvalue weighted by molar-refractivity contribution is 4.90. The van der Waals surface area contributed by atoms with E-state index >= 15 is 0 Å². The van der Waals surface area contributed by atoms with Crippen molar-refractivity contribution in [3.63, 3.8) is 0 Å². The minimum absolute atomic E-state index is 0.145. The summed E-state index contributed by atoms with van der Waals surface area (Å²) in [5.41, 5.74) is 6.17. The highest BCUT2D eigenvalue weighted by Gasteiger charge is 2.33. The molecule has 1 atom stereocenters. The van der Waals surface area contributed by atoms with E-state index < -0.39 is 0 Å². The number of rotatable bonds is 6. The van der Waals surface area contributed by atoms with Gasteiger partial charge in [-0.05, 0) is 45.6 Å². The van der Waals surface area contributed by atoms with Crippen LogP contribution < -0.4 is 5.73 Å². The average Bonchev–Trinajstić information content (AvgIpc) is 2.36. The van der Waals surface area contributed by atoms with Crippen LogP contribution in [0.2, 0.25) is 0 Å². The summed E-state index contributed by atoms with van der Waals surface area (Å²) in [7, 11) is 2.24. The molecule has 1 aliphatic rings. The first-order valence-corrected chi connectivity index (χ1v) is 7.00. The van der Waals surface area contributed by atoms with Gasteiger partial charge in [-0.1, -0.05) is 13.8 Å². The highest BCUT2D eigenvalue weighted by atomic mass is 16.5. The van der Waals surface area contributed by atoms with Crippen molar-refractivity contribution < 1.29 is 4.74 Å². The lowest BCUT2D eigenvalue weighted by molar-refractivity contribution is -0.000323. The summed E-state index contributed by atoms with van der Waals surface area (Å²) in [5, 5.41) is 0. The van der Waals surface area contributed by atoms with Crippen LogP contribution in [0.1, 0.15) is 46.5 Å². The predicted octanol–water partition coefficient (Wildman–Crippen LogP) is 2.25. The van der Waals surface area contributed by atoms with Crippen LogP contribution in [0, 0.1) is 5.92 Å². The third-order valence-corrected chi connectivity index (χ3v) is 4.29. The number of ether oxygens (including phenoxy) is 1. The molecule has 1 saturated heterocycles.